The van der Waals surface area contributed by atoms with Gasteiger partial charge in [0.25, 0.3) is 0 Å². The van der Waals surface area contributed by atoms with Crippen molar-refractivity contribution in [2.24, 2.45) is 0 Å². The predicted octanol–water partition coefficient (Wildman–Crippen LogP) is -0.556. The normalized spacial score (nSPS) is 16.1. The van der Waals surface area contributed by atoms with Gasteiger partial charge in [-0.25, -0.2) is 8.42 Å². The lowest BCUT2D eigenvalue weighted by atomic mass is 9.80. The first-order chi connectivity index (χ1) is 7.49. The van der Waals surface area contributed by atoms with E-state index in [1.54, 1.807) is 18.2 Å². The summed E-state index contributed by atoms with van der Waals surface area (Å²) in [7, 11) is -4.60. The van der Waals surface area contributed by atoms with E-state index in [1.165, 1.54) is 6.07 Å². The summed E-state index contributed by atoms with van der Waals surface area (Å²) in [4.78, 5) is 0. The number of hydrogen-bond donors (Lipinski definition) is 2. The summed E-state index contributed by atoms with van der Waals surface area (Å²) >= 11 is 0. The molecule has 0 saturated heterocycles. The lowest BCUT2D eigenvalue weighted by molar-refractivity contribution is 0.425. The maximum absolute atomic E-state index is 11.7. The maximum Gasteiger partial charge on any atom is 0.488 e. The molecule has 1 aliphatic rings. The Morgan fingerprint density at radius 3 is 2.56 bits per heavy atom. The highest BCUT2D eigenvalue weighted by atomic mass is 32.2. The molecule has 0 aliphatic heterocycles. The molecular weight excluding hydrogens is 227 g/mol. The number of sulfone groups is 1. The summed E-state index contributed by atoms with van der Waals surface area (Å²) in [5, 5.41) is 17.8. The predicted molar refractivity (Wildman–Crippen MR) is 61.9 cm³/mol. The third-order valence-electron chi connectivity index (χ3n) is 2.65. The van der Waals surface area contributed by atoms with Crippen LogP contribution in [0.15, 0.2) is 24.3 Å². The second kappa shape index (κ2) is 4.20. The molecule has 0 aromatic heterocycles. The summed E-state index contributed by atoms with van der Waals surface area (Å²) < 4.78 is 23.4. The lowest BCUT2D eigenvalue weighted by Gasteiger charge is -2.05. The molecule has 0 heterocycles. The Morgan fingerprint density at radius 2 is 2.00 bits per heavy atom. The van der Waals surface area contributed by atoms with Crippen molar-refractivity contribution in [3.63, 3.8) is 0 Å². The third kappa shape index (κ3) is 2.64. The molecule has 0 unspecified atom stereocenters. The monoisotopic (exact) mass is 240 g/mol. The van der Waals surface area contributed by atoms with E-state index in [0.717, 1.165) is 12.8 Å². The van der Waals surface area contributed by atoms with Gasteiger partial charge in [-0.05, 0) is 23.9 Å². The van der Waals surface area contributed by atoms with Gasteiger partial charge < -0.3 is 10.0 Å². The Balaban J connectivity index is 2.18. The minimum atomic E-state index is -3.05. The molecule has 0 bridgehead atoms. The summed E-state index contributed by atoms with van der Waals surface area (Å²) in [6, 6.07) is 6.39. The average Bonchev–Trinajstić information content (AvgIpc) is 3.00. The van der Waals surface area contributed by atoms with Gasteiger partial charge in [0.1, 0.15) is 0 Å². The summed E-state index contributed by atoms with van der Waals surface area (Å²) in [5.41, 5.74) is 0.931. The van der Waals surface area contributed by atoms with Gasteiger partial charge in [-0.2, -0.15) is 0 Å². The molecule has 2 rings (SSSR count). The number of rotatable bonds is 4. The molecular formula is C10H13BO4S. The smallest absolute Gasteiger partial charge is 0.423 e. The first-order valence-electron chi connectivity index (χ1n) is 5.15. The molecule has 1 saturated carbocycles. The van der Waals surface area contributed by atoms with Crippen molar-refractivity contribution in [3.05, 3.63) is 29.8 Å². The van der Waals surface area contributed by atoms with Gasteiger partial charge in [-0.3, -0.25) is 0 Å². The van der Waals surface area contributed by atoms with Crippen molar-refractivity contribution >= 4 is 22.4 Å². The first-order valence-corrected chi connectivity index (χ1v) is 6.87. The molecule has 1 fully saturated rings. The second-order valence-corrected chi connectivity index (χ2v) is 6.41. The van der Waals surface area contributed by atoms with Crippen LogP contribution >= 0.6 is 0 Å². The zero-order valence-corrected chi connectivity index (χ0v) is 9.52. The van der Waals surface area contributed by atoms with Crippen LogP contribution < -0.4 is 5.46 Å². The van der Waals surface area contributed by atoms with Crippen molar-refractivity contribution in [1.82, 2.24) is 0 Å². The van der Waals surface area contributed by atoms with Crippen molar-refractivity contribution < 1.29 is 18.5 Å². The van der Waals surface area contributed by atoms with E-state index >= 15 is 0 Å². The average molecular weight is 240 g/mol. The molecule has 1 aromatic carbocycles. The number of hydrogen-bond acceptors (Lipinski definition) is 4. The van der Waals surface area contributed by atoms with Crippen LogP contribution in [0.4, 0.5) is 0 Å². The zero-order chi connectivity index (χ0) is 11.8. The highest BCUT2D eigenvalue weighted by Crippen LogP contribution is 2.30. The number of benzene rings is 1. The van der Waals surface area contributed by atoms with Gasteiger partial charge >= 0.3 is 7.12 Å². The Labute approximate surface area is 95.0 Å². The van der Waals surface area contributed by atoms with E-state index in [0.29, 0.717) is 11.0 Å². The minimum Gasteiger partial charge on any atom is -0.423 e. The van der Waals surface area contributed by atoms with Crippen molar-refractivity contribution in [1.29, 1.82) is 0 Å². The van der Waals surface area contributed by atoms with Crippen LogP contribution in [-0.4, -0.2) is 30.8 Å². The molecule has 1 aliphatic carbocycles. The van der Waals surface area contributed by atoms with E-state index < -0.39 is 17.0 Å². The van der Waals surface area contributed by atoms with Gasteiger partial charge in [0.2, 0.25) is 0 Å². The van der Waals surface area contributed by atoms with E-state index in [1.807, 2.05) is 0 Å². The van der Waals surface area contributed by atoms with Crippen LogP contribution in [0.5, 0.6) is 0 Å². The highest BCUT2D eigenvalue weighted by molar-refractivity contribution is 7.91. The summed E-state index contributed by atoms with van der Waals surface area (Å²) in [5.74, 6) is -0.0156. The topological polar surface area (TPSA) is 74.6 Å². The Kier molecular flexibility index (Phi) is 3.05. The molecule has 16 heavy (non-hydrogen) atoms. The van der Waals surface area contributed by atoms with Gasteiger partial charge in [0, 0.05) is 0 Å². The minimum absolute atomic E-state index is 0.0156. The molecule has 6 heteroatoms. The van der Waals surface area contributed by atoms with Crippen LogP contribution in [0.3, 0.4) is 0 Å². The molecule has 2 N–H and O–H groups in total. The molecule has 0 amide bonds. The molecule has 0 spiro atoms. The third-order valence-corrected chi connectivity index (χ3v) is 4.87. The summed E-state index contributed by atoms with van der Waals surface area (Å²) in [6.45, 7) is 0. The van der Waals surface area contributed by atoms with Gasteiger partial charge in [-0.15, -0.1) is 0 Å². The molecule has 1 aromatic rings. The highest BCUT2D eigenvalue weighted by Gasteiger charge is 2.35. The molecule has 0 atom stereocenters. The van der Waals surface area contributed by atoms with Crippen molar-refractivity contribution in [3.8, 4) is 0 Å². The van der Waals surface area contributed by atoms with Crippen LogP contribution in [0.2, 0.25) is 0 Å². The molecule has 86 valence electrons. The Bertz CT molecular complexity index is 479. The van der Waals surface area contributed by atoms with Crippen molar-refractivity contribution in [2.45, 2.75) is 23.8 Å². The lowest BCUT2D eigenvalue weighted by Crippen LogP contribution is -2.30. The second-order valence-electron chi connectivity index (χ2n) is 4.13. The van der Waals surface area contributed by atoms with Crippen LogP contribution in [0.25, 0.3) is 0 Å². The van der Waals surface area contributed by atoms with Crippen LogP contribution in [0.1, 0.15) is 18.4 Å². The van der Waals surface area contributed by atoms with Gasteiger partial charge in [0.05, 0.1) is 11.0 Å². The maximum atomic E-state index is 11.7. The zero-order valence-electron chi connectivity index (χ0n) is 8.70. The molecule has 0 radical (unpaired) electrons. The SMILES string of the molecule is O=S(=O)(Cc1cccc(B(O)O)c1)C1CC1. The standard InChI is InChI=1S/C10H13BO4S/c12-11(13)9-3-1-2-8(6-9)7-16(14,15)10-4-5-10/h1-3,6,10,12-13H,4-5,7H2. The fraction of sp³-hybridized carbons (Fsp3) is 0.400. The van der Waals surface area contributed by atoms with E-state index in [4.69, 9.17) is 10.0 Å². The Morgan fingerprint density at radius 1 is 1.31 bits per heavy atom. The van der Waals surface area contributed by atoms with Crippen LogP contribution in [-0.2, 0) is 15.6 Å². The van der Waals surface area contributed by atoms with Gasteiger partial charge in [-0.1, -0.05) is 24.3 Å². The quantitative estimate of drug-likeness (QED) is 0.692. The van der Waals surface area contributed by atoms with Crippen molar-refractivity contribution in [2.75, 3.05) is 0 Å². The van der Waals surface area contributed by atoms with E-state index in [9.17, 15) is 8.42 Å². The van der Waals surface area contributed by atoms with E-state index in [-0.39, 0.29) is 11.0 Å². The summed E-state index contributed by atoms with van der Waals surface area (Å²) in [6.07, 6.45) is 1.51. The van der Waals surface area contributed by atoms with E-state index in [2.05, 4.69) is 0 Å². The van der Waals surface area contributed by atoms with Gasteiger partial charge in [0.15, 0.2) is 9.84 Å². The Hall–Kier alpha value is -0.845. The molecule has 4 nitrogen and oxygen atoms in total. The largest absolute Gasteiger partial charge is 0.488 e. The first kappa shape index (κ1) is 11.6. The van der Waals surface area contributed by atoms with Crippen LogP contribution in [0, 0.1) is 0 Å². The fourth-order valence-corrected chi connectivity index (χ4v) is 3.36. The fourth-order valence-electron chi connectivity index (χ4n) is 1.62.